The van der Waals surface area contributed by atoms with Crippen molar-refractivity contribution in [3.63, 3.8) is 0 Å². The zero-order valence-electron chi connectivity index (χ0n) is 9.98. The fraction of sp³-hybridized carbons (Fsp3) is 0.500. The second-order valence-electron chi connectivity index (χ2n) is 4.75. The summed E-state index contributed by atoms with van der Waals surface area (Å²) in [5, 5.41) is 12.2. The van der Waals surface area contributed by atoms with Crippen molar-refractivity contribution in [3.05, 3.63) is 35.4 Å². The summed E-state index contributed by atoms with van der Waals surface area (Å²) in [5.41, 5.74) is 2.09. The van der Waals surface area contributed by atoms with E-state index in [9.17, 15) is 4.79 Å². The van der Waals surface area contributed by atoms with Crippen molar-refractivity contribution >= 4 is 5.97 Å². The van der Waals surface area contributed by atoms with E-state index in [1.165, 1.54) is 31.2 Å². The van der Waals surface area contributed by atoms with Crippen LogP contribution in [0.25, 0.3) is 0 Å². The highest BCUT2D eigenvalue weighted by Crippen LogP contribution is 2.18. The monoisotopic (exact) mass is 233 g/mol. The number of hydrogen-bond acceptors (Lipinski definition) is 2. The molecule has 0 heterocycles. The van der Waals surface area contributed by atoms with Crippen LogP contribution >= 0.6 is 0 Å². The molecule has 1 aromatic carbocycles. The van der Waals surface area contributed by atoms with Gasteiger partial charge in [-0.25, -0.2) is 0 Å². The Hall–Kier alpha value is -1.35. The van der Waals surface area contributed by atoms with Gasteiger partial charge < -0.3 is 10.4 Å². The van der Waals surface area contributed by atoms with E-state index in [-0.39, 0.29) is 6.42 Å². The first-order valence-corrected chi connectivity index (χ1v) is 6.27. The van der Waals surface area contributed by atoms with E-state index in [4.69, 9.17) is 5.11 Å². The molecule has 0 saturated heterocycles. The molecular formula is C14H19NO2. The maximum atomic E-state index is 10.5. The van der Waals surface area contributed by atoms with Gasteiger partial charge in [0.2, 0.25) is 0 Å². The molecule has 1 saturated carbocycles. The summed E-state index contributed by atoms with van der Waals surface area (Å²) in [4.78, 5) is 10.5. The van der Waals surface area contributed by atoms with Crippen molar-refractivity contribution in [2.75, 3.05) is 0 Å². The zero-order chi connectivity index (χ0) is 12.1. The van der Waals surface area contributed by atoms with Crippen LogP contribution in [0.1, 0.15) is 36.8 Å². The van der Waals surface area contributed by atoms with Crippen LogP contribution in [-0.4, -0.2) is 17.1 Å². The van der Waals surface area contributed by atoms with E-state index >= 15 is 0 Å². The SMILES string of the molecule is O=C(O)Cc1ccc(CNC2CCCC2)cc1. The van der Waals surface area contributed by atoms with Gasteiger partial charge in [0.15, 0.2) is 0 Å². The van der Waals surface area contributed by atoms with Gasteiger partial charge in [-0.1, -0.05) is 37.1 Å². The molecule has 0 bridgehead atoms. The van der Waals surface area contributed by atoms with Gasteiger partial charge in [-0.05, 0) is 24.0 Å². The normalized spacial score (nSPS) is 16.2. The molecule has 1 aliphatic rings. The smallest absolute Gasteiger partial charge is 0.307 e. The quantitative estimate of drug-likeness (QED) is 0.820. The summed E-state index contributed by atoms with van der Waals surface area (Å²) in [6, 6.07) is 8.51. The Morgan fingerprint density at radius 3 is 2.35 bits per heavy atom. The number of aliphatic carboxylic acids is 1. The second-order valence-corrected chi connectivity index (χ2v) is 4.75. The van der Waals surface area contributed by atoms with Crippen LogP contribution in [-0.2, 0) is 17.8 Å². The summed E-state index contributed by atoms with van der Waals surface area (Å²) in [5.74, 6) is -0.776. The van der Waals surface area contributed by atoms with Gasteiger partial charge in [-0.3, -0.25) is 4.79 Å². The van der Waals surface area contributed by atoms with Gasteiger partial charge in [-0.2, -0.15) is 0 Å². The molecule has 0 amide bonds. The predicted molar refractivity (Wildman–Crippen MR) is 66.9 cm³/mol. The van der Waals surface area contributed by atoms with Crippen LogP contribution in [0.4, 0.5) is 0 Å². The van der Waals surface area contributed by atoms with Crippen molar-refractivity contribution in [3.8, 4) is 0 Å². The van der Waals surface area contributed by atoms with Crippen molar-refractivity contribution in [1.29, 1.82) is 0 Å². The Bertz CT molecular complexity index is 366. The molecule has 3 heteroatoms. The molecule has 92 valence electrons. The molecule has 0 aliphatic heterocycles. The lowest BCUT2D eigenvalue weighted by Gasteiger charge is -2.11. The largest absolute Gasteiger partial charge is 0.481 e. The number of benzene rings is 1. The highest BCUT2D eigenvalue weighted by molar-refractivity contribution is 5.70. The first-order valence-electron chi connectivity index (χ1n) is 6.27. The molecule has 1 fully saturated rings. The van der Waals surface area contributed by atoms with E-state index < -0.39 is 5.97 Å². The van der Waals surface area contributed by atoms with Crippen molar-refractivity contribution in [2.45, 2.75) is 44.7 Å². The molecular weight excluding hydrogens is 214 g/mol. The van der Waals surface area contributed by atoms with Crippen LogP contribution in [0.2, 0.25) is 0 Å². The Morgan fingerprint density at radius 1 is 1.18 bits per heavy atom. The van der Waals surface area contributed by atoms with E-state index in [0.717, 1.165) is 12.1 Å². The number of carboxylic acid groups (broad SMARTS) is 1. The Kier molecular flexibility index (Phi) is 4.15. The van der Waals surface area contributed by atoms with E-state index in [1.807, 2.05) is 24.3 Å². The summed E-state index contributed by atoms with van der Waals surface area (Å²) < 4.78 is 0. The number of rotatable bonds is 5. The number of nitrogens with one attached hydrogen (secondary N) is 1. The van der Waals surface area contributed by atoms with Crippen LogP contribution in [0, 0.1) is 0 Å². The Labute approximate surface area is 102 Å². The molecule has 0 unspecified atom stereocenters. The highest BCUT2D eigenvalue weighted by atomic mass is 16.4. The third-order valence-electron chi connectivity index (χ3n) is 3.33. The van der Waals surface area contributed by atoms with Crippen molar-refractivity contribution in [2.24, 2.45) is 0 Å². The van der Waals surface area contributed by atoms with Gasteiger partial charge in [-0.15, -0.1) is 0 Å². The topological polar surface area (TPSA) is 49.3 Å². The van der Waals surface area contributed by atoms with Gasteiger partial charge in [0.05, 0.1) is 6.42 Å². The minimum absolute atomic E-state index is 0.107. The summed E-state index contributed by atoms with van der Waals surface area (Å²) in [6.07, 6.45) is 5.37. The van der Waals surface area contributed by atoms with E-state index in [1.54, 1.807) is 0 Å². The van der Waals surface area contributed by atoms with Gasteiger partial charge in [0, 0.05) is 12.6 Å². The molecule has 0 aromatic heterocycles. The van der Waals surface area contributed by atoms with Gasteiger partial charge in [0.25, 0.3) is 0 Å². The fourth-order valence-electron chi connectivity index (χ4n) is 2.34. The number of hydrogen-bond donors (Lipinski definition) is 2. The maximum Gasteiger partial charge on any atom is 0.307 e. The average molecular weight is 233 g/mol. The number of carboxylic acids is 1. The second kappa shape index (κ2) is 5.82. The molecule has 0 atom stereocenters. The lowest BCUT2D eigenvalue weighted by Crippen LogP contribution is -2.25. The molecule has 1 aromatic rings. The van der Waals surface area contributed by atoms with E-state index in [2.05, 4.69) is 5.32 Å². The fourth-order valence-corrected chi connectivity index (χ4v) is 2.34. The highest BCUT2D eigenvalue weighted by Gasteiger charge is 2.13. The Morgan fingerprint density at radius 2 is 1.76 bits per heavy atom. The lowest BCUT2D eigenvalue weighted by atomic mass is 10.1. The van der Waals surface area contributed by atoms with Gasteiger partial charge >= 0.3 is 5.97 Å². The molecule has 2 rings (SSSR count). The lowest BCUT2D eigenvalue weighted by molar-refractivity contribution is -0.136. The minimum atomic E-state index is -0.776. The first-order chi connectivity index (χ1) is 8.24. The van der Waals surface area contributed by atoms with E-state index in [0.29, 0.717) is 6.04 Å². The van der Waals surface area contributed by atoms with Crippen LogP contribution in [0.5, 0.6) is 0 Å². The van der Waals surface area contributed by atoms with Crippen LogP contribution in [0.3, 0.4) is 0 Å². The molecule has 2 N–H and O–H groups in total. The molecule has 17 heavy (non-hydrogen) atoms. The standard InChI is InChI=1S/C14H19NO2/c16-14(17)9-11-5-7-12(8-6-11)10-15-13-3-1-2-4-13/h5-8,13,15H,1-4,9-10H2,(H,16,17). The predicted octanol–water partition coefficient (Wildman–Crippen LogP) is 2.35. The third kappa shape index (κ3) is 3.86. The zero-order valence-corrected chi connectivity index (χ0v) is 9.98. The minimum Gasteiger partial charge on any atom is -0.481 e. The first kappa shape index (κ1) is 12.1. The van der Waals surface area contributed by atoms with Crippen LogP contribution in [0.15, 0.2) is 24.3 Å². The Balaban J connectivity index is 1.82. The molecule has 3 nitrogen and oxygen atoms in total. The summed E-state index contributed by atoms with van der Waals surface area (Å²) >= 11 is 0. The molecule has 1 aliphatic carbocycles. The van der Waals surface area contributed by atoms with Crippen LogP contribution < -0.4 is 5.32 Å². The van der Waals surface area contributed by atoms with Gasteiger partial charge in [0.1, 0.15) is 0 Å². The van der Waals surface area contributed by atoms with Crippen molar-refractivity contribution in [1.82, 2.24) is 5.32 Å². The summed E-state index contributed by atoms with van der Waals surface area (Å²) in [6.45, 7) is 0.887. The van der Waals surface area contributed by atoms with Crippen molar-refractivity contribution < 1.29 is 9.90 Å². The summed E-state index contributed by atoms with van der Waals surface area (Å²) in [7, 11) is 0. The third-order valence-corrected chi connectivity index (χ3v) is 3.33. The average Bonchev–Trinajstić information content (AvgIpc) is 2.80. The molecule has 0 radical (unpaired) electrons. The maximum absolute atomic E-state index is 10.5. The number of carbonyl (C=O) groups is 1. The molecule has 0 spiro atoms.